The number of ether oxygens (including phenoxy) is 2. The van der Waals surface area contributed by atoms with Gasteiger partial charge < -0.3 is 9.47 Å². The minimum absolute atomic E-state index is 0.109. The Bertz CT molecular complexity index is 1540. The van der Waals surface area contributed by atoms with Gasteiger partial charge in [0, 0.05) is 17.2 Å². The van der Waals surface area contributed by atoms with E-state index < -0.39 is 28.7 Å². The number of benzene rings is 3. The molecule has 0 saturated carbocycles. The van der Waals surface area contributed by atoms with Crippen LogP contribution < -0.4 is 10.3 Å². The van der Waals surface area contributed by atoms with Crippen LogP contribution in [-0.4, -0.2) is 40.0 Å². The monoisotopic (exact) mass is 506 g/mol. The zero-order valence-corrected chi connectivity index (χ0v) is 19.7. The van der Waals surface area contributed by atoms with Crippen LogP contribution in [0, 0.1) is 10.1 Å². The minimum Gasteiger partial charge on any atom is -0.474 e. The van der Waals surface area contributed by atoms with Crippen LogP contribution in [0.5, 0.6) is 5.75 Å². The highest BCUT2D eigenvalue weighted by molar-refractivity contribution is 6.32. The zero-order valence-electron chi connectivity index (χ0n) is 19.0. The molecule has 1 heterocycles. The van der Waals surface area contributed by atoms with E-state index in [4.69, 9.17) is 21.1 Å². The second kappa shape index (κ2) is 10.8. The molecule has 36 heavy (non-hydrogen) atoms. The third-order valence-electron chi connectivity index (χ3n) is 4.99. The molecule has 0 spiro atoms. The summed E-state index contributed by atoms with van der Waals surface area (Å²) in [7, 11) is 0. The van der Waals surface area contributed by atoms with E-state index in [1.54, 1.807) is 43.3 Å². The van der Waals surface area contributed by atoms with E-state index in [-0.39, 0.29) is 22.9 Å². The lowest BCUT2D eigenvalue weighted by atomic mass is 10.2. The molecule has 11 heteroatoms. The van der Waals surface area contributed by atoms with Crippen LogP contribution in [0.25, 0.3) is 22.3 Å². The number of nitro benzene ring substituents is 1. The van der Waals surface area contributed by atoms with E-state index >= 15 is 0 Å². The van der Waals surface area contributed by atoms with Gasteiger partial charge in [-0.2, -0.15) is 9.78 Å². The lowest BCUT2D eigenvalue weighted by Gasteiger charge is -2.10. The van der Waals surface area contributed by atoms with Crippen molar-refractivity contribution in [3.05, 3.63) is 97.8 Å². The van der Waals surface area contributed by atoms with Crippen molar-refractivity contribution >= 4 is 40.4 Å². The van der Waals surface area contributed by atoms with Gasteiger partial charge in [0.25, 0.3) is 5.56 Å². The van der Waals surface area contributed by atoms with Gasteiger partial charge in [-0.1, -0.05) is 54.1 Å². The molecule has 0 saturated heterocycles. The summed E-state index contributed by atoms with van der Waals surface area (Å²) in [5.41, 5.74) is 0.513. The van der Waals surface area contributed by atoms with Crippen LogP contribution in [0.15, 0.2) is 76.6 Å². The first-order valence-electron chi connectivity index (χ1n) is 10.8. The summed E-state index contributed by atoms with van der Waals surface area (Å²) in [5.74, 6) is -0.669. The largest absolute Gasteiger partial charge is 0.474 e. The Kier molecular flexibility index (Phi) is 7.36. The molecular formula is C25H19ClN4O6. The molecule has 0 atom stereocenters. The van der Waals surface area contributed by atoms with Gasteiger partial charge in [0.2, 0.25) is 5.75 Å². The van der Waals surface area contributed by atoms with E-state index in [0.717, 1.165) is 4.68 Å². The van der Waals surface area contributed by atoms with E-state index in [2.05, 4.69) is 10.1 Å². The summed E-state index contributed by atoms with van der Waals surface area (Å²) < 4.78 is 11.1. The molecule has 0 radical (unpaired) electrons. The summed E-state index contributed by atoms with van der Waals surface area (Å²) in [6.45, 7) is 1.23. The number of para-hydroxylation sites is 1. The van der Waals surface area contributed by atoms with Gasteiger partial charge in [-0.3, -0.25) is 14.9 Å². The first-order chi connectivity index (χ1) is 17.4. The second-order valence-electron chi connectivity index (χ2n) is 7.38. The fraction of sp³-hybridized carbons (Fsp3) is 0.120. The van der Waals surface area contributed by atoms with Crippen molar-refractivity contribution in [2.45, 2.75) is 6.92 Å². The van der Waals surface area contributed by atoms with Crippen LogP contribution in [-0.2, 0) is 9.53 Å². The molecule has 182 valence electrons. The molecule has 0 unspecified atom stereocenters. The predicted molar refractivity (Wildman–Crippen MR) is 135 cm³/mol. The Morgan fingerprint density at radius 1 is 1.17 bits per heavy atom. The molecule has 0 N–H and O–H groups in total. The molecule has 0 aliphatic heterocycles. The Hall–Kier alpha value is -4.57. The average molecular weight is 507 g/mol. The summed E-state index contributed by atoms with van der Waals surface area (Å²) >= 11 is 6.23. The Balaban J connectivity index is 1.78. The Morgan fingerprint density at radius 2 is 1.89 bits per heavy atom. The van der Waals surface area contributed by atoms with Crippen LogP contribution >= 0.6 is 11.6 Å². The summed E-state index contributed by atoms with van der Waals surface area (Å²) in [4.78, 5) is 40.4. The number of halogens is 1. The van der Waals surface area contributed by atoms with E-state index in [0.29, 0.717) is 22.3 Å². The molecular weight excluding hydrogens is 488 g/mol. The number of hydrogen-bond donors (Lipinski definition) is 0. The van der Waals surface area contributed by atoms with Crippen LogP contribution in [0.2, 0.25) is 5.02 Å². The number of aromatic nitrogens is 2. The summed E-state index contributed by atoms with van der Waals surface area (Å²) in [6.07, 6.45) is 1.26. The normalized spacial score (nSPS) is 11.1. The Labute approximate surface area is 209 Å². The van der Waals surface area contributed by atoms with E-state index in [1.165, 1.54) is 18.3 Å². The van der Waals surface area contributed by atoms with Crippen LogP contribution in [0.1, 0.15) is 12.5 Å². The number of nitrogens with zero attached hydrogens (tertiary/aromatic N) is 4. The third kappa shape index (κ3) is 5.23. The minimum atomic E-state index is -0.692. The number of nitro groups is 1. The van der Waals surface area contributed by atoms with Gasteiger partial charge >= 0.3 is 11.7 Å². The van der Waals surface area contributed by atoms with E-state index in [9.17, 15) is 19.7 Å². The molecule has 0 amide bonds. The fourth-order valence-electron chi connectivity index (χ4n) is 3.42. The third-order valence-corrected chi connectivity index (χ3v) is 5.27. The SMILES string of the molecule is CCOC(=O)COc1c(Cl)cc(C=Nn2c(-c3ccccc3)nc3ccccc3c2=O)cc1[N+](=O)[O-]. The summed E-state index contributed by atoms with van der Waals surface area (Å²) in [5, 5.41) is 16.2. The highest BCUT2D eigenvalue weighted by atomic mass is 35.5. The van der Waals surface area contributed by atoms with Gasteiger partial charge in [-0.05, 0) is 25.1 Å². The number of rotatable bonds is 8. The maximum Gasteiger partial charge on any atom is 0.344 e. The maximum atomic E-state index is 13.3. The van der Waals surface area contributed by atoms with Crippen molar-refractivity contribution in [2.24, 2.45) is 5.10 Å². The molecule has 4 aromatic rings. The topological polar surface area (TPSA) is 126 Å². The van der Waals surface area contributed by atoms with Gasteiger partial charge in [0.15, 0.2) is 12.4 Å². The van der Waals surface area contributed by atoms with Crippen LogP contribution in [0.4, 0.5) is 5.69 Å². The lowest BCUT2D eigenvalue weighted by Crippen LogP contribution is -2.20. The van der Waals surface area contributed by atoms with Gasteiger partial charge in [0.05, 0.1) is 33.7 Å². The predicted octanol–water partition coefficient (Wildman–Crippen LogP) is 4.45. The molecule has 0 aliphatic carbocycles. The molecule has 4 rings (SSSR count). The van der Waals surface area contributed by atoms with Gasteiger partial charge in [-0.15, -0.1) is 0 Å². The highest BCUT2D eigenvalue weighted by Gasteiger charge is 2.22. The number of esters is 1. The standard InChI is InChI=1S/C25H19ClN4O6/c1-2-35-22(31)15-36-23-19(26)12-16(13-21(23)30(33)34)14-27-29-24(17-8-4-3-5-9-17)28-20-11-7-6-10-18(20)25(29)32/h3-14H,2,15H2,1H3. The first-order valence-corrected chi connectivity index (χ1v) is 11.1. The molecule has 1 aromatic heterocycles. The highest BCUT2D eigenvalue weighted by Crippen LogP contribution is 2.36. The Morgan fingerprint density at radius 3 is 2.61 bits per heavy atom. The average Bonchev–Trinajstić information content (AvgIpc) is 2.87. The lowest BCUT2D eigenvalue weighted by molar-refractivity contribution is -0.385. The van der Waals surface area contributed by atoms with Gasteiger partial charge in [0.1, 0.15) is 0 Å². The first kappa shape index (κ1) is 24.6. The van der Waals surface area contributed by atoms with Gasteiger partial charge in [-0.25, -0.2) is 9.78 Å². The van der Waals surface area contributed by atoms with Crippen LogP contribution in [0.3, 0.4) is 0 Å². The van der Waals surface area contributed by atoms with Crippen molar-refractivity contribution in [3.63, 3.8) is 0 Å². The fourth-order valence-corrected chi connectivity index (χ4v) is 3.69. The van der Waals surface area contributed by atoms with Crippen molar-refractivity contribution in [3.8, 4) is 17.1 Å². The smallest absolute Gasteiger partial charge is 0.344 e. The molecule has 10 nitrogen and oxygen atoms in total. The second-order valence-corrected chi connectivity index (χ2v) is 7.79. The molecule has 0 fully saturated rings. The number of hydrogen-bond acceptors (Lipinski definition) is 8. The van der Waals surface area contributed by atoms with E-state index in [1.807, 2.05) is 18.2 Å². The summed E-state index contributed by atoms with van der Waals surface area (Å²) in [6, 6.07) is 18.5. The number of carbonyl (C=O) groups is 1. The molecule has 0 aliphatic rings. The van der Waals surface area contributed by atoms with Crippen molar-refractivity contribution in [1.82, 2.24) is 9.66 Å². The number of carbonyl (C=O) groups excluding carboxylic acids is 1. The molecule has 0 bridgehead atoms. The van der Waals surface area contributed by atoms with Crippen molar-refractivity contribution < 1.29 is 19.2 Å². The maximum absolute atomic E-state index is 13.3. The van der Waals surface area contributed by atoms with Crippen molar-refractivity contribution in [1.29, 1.82) is 0 Å². The quantitative estimate of drug-likeness (QED) is 0.149. The molecule has 3 aromatic carbocycles. The van der Waals surface area contributed by atoms with Crippen molar-refractivity contribution in [2.75, 3.05) is 13.2 Å². The zero-order chi connectivity index (χ0) is 25.7. The number of fused-ring (bicyclic) bond motifs is 1.